The minimum Gasteiger partial charge on any atom is -0.377 e. The van der Waals surface area contributed by atoms with E-state index in [1.165, 1.54) is 0 Å². The lowest BCUT2D eigenvalue weighted by Gasteiger charge is -2.13. The molecule has 0 aliphatic heterocycles. The molecule has 0 fully saturated rings. The molecule has 0 saturated carbocycles. The van der Waals surface area contributed by atoms with E-state index >= 15 is 0 Å². The fraction of sp³-hybridized carbons (Fsp3) is 1.00. The fourth-order valence-electron chi connectivity index (χ4n) is 0.524. The lowest BCUT2D eigenvalue weighted by molar-refractivity contribution is 0.0535. The van der Waals surface area contributed by atoms with Gasteiger partial charge in [-0.05, 0) is 19.8 Å². The van der Waals surface area contributed by atoms with E-state index < -0.39 is 0 Å². The minimum absolute atomic E-state index is 0.217. The molecule has 0 heterocycles. The zero-order chi connectivity index (χ0) is 7.98. The van der Waals surface area contributed by atoms with Crippen molar-refractivity contribution in [3.05, 3.63) is 0 Å². The van der Waals surface area contributed by atoms with E-state index in [0.29, 0.717) is 12.7 Å². The maximum absolute atomic E-state index is 5.65. The van der Waals surface area contributed by atoms with Crippen LogP contribution in [0.2, 0.25) is 0 Å². The zero-order valence-electron chi connectivity index (χ0n) is 7.26. The summed E-state index contributed by atoms with van der Waals surface area (Å²) in [6.45, 7) is 6.96. The molecule has 0 aromatic rings. The number of rotatable bonds is 5. The molecule has 0 spiro atoms. The van der Waals surface area contributed by atoms with E-state index in [-0.39, 0.29) is 6.04 Å². The molecule has 0 rings (SSSR count). The second-order valence-corrected chi connectivity index (χ2v) is 2.72. The first kappa shape index (κ1) is 9.92. The van der Waals surface area contributed by atoms with Gasteiger partial charge in [-0.1, -0.05) is 13.8 Å². The average molecular weight is 145 g/mol. The van der Waals surface area contributed by atoms with Crippen LogP contribution in [0.25, 0.3) is 0 Å². The van der Waals surface area contributed by atoms with Crippen molar-refractivity contribution in [1.29, 1.82) is 0 Å². The van der Waals surface area contributed by atoms with E-state index in [9.17, 15) is 0 Å². The van der Waals surface area contributed by atoms with Crippen molar-refractivity contribution >= 4 is 0 Å². The molecular weight excluding hydrogens is 126 g/mol. The minimum atomic E-state index is 0.217. The first-order valence-electron chi connectivity index (χ1n) is 4.07. The number of hydrogen-bond acceptors (Lipinski definition) is 2. The molecule has 0 aliphatic rings. The van der Waals surface area contributed by atoms with Crippen LogP contribution in [0.1, 0.15) is 33.6 Å². The Morgan fingerprint density at radius 3 is 2.30 bits per heavy atom. The third-order valence-corrected chi connectivity index (χ3v) is 1.69. The van der Waals surface area contributed by atoms with Crippen molar-refractivity contribution in [1.82, 2.24) is 0 Å². The Labute approximate surface area is 63.7 Å². The predicted octanol–water partition coefficient (Wildman–Crippen LogP) is 1.54. The molecular formula is C8H19NO. The quantitative estimate of drug-likeness (QED) is 0.637. The van der Waals surface area contributed by atoms with Crippen LogP contribution in [0, 0.1) is 0 Å². The molecule has 0 aliphatic carbocycles. The normalized spacial score (nSPS) is 16.8. The summed E-state index contributed by atoms with van der Waals surface area (Å²) in [5.74, 6) is 0. The van der Waals surface area contributed by atoms with Crippen molar-refractivity contribution < 1.29 is 4.74 Å². The topological polar surface area (TPSA) is 35.2 Å². The largest absolute Gasteiger partial charge is 0.377 e. The van der Waals surface area contributed by atoms with Gasteiger partial charge in [0.15, 0.2) is 0 Å². The Morgan fingerprint density at radius 2 is 1.90 bits per heavy atom. The summed E-state index contributed by atoms with van der Waals surface area (Å²) >= 11 is 0. The number of ether oxygens (including phenoxy) is 1. The molecule has 0 radical (unpaired) electrons. The fourth-order valence-corrected chi connectivity index (χ4v) is 0.524. The highest BCUT2D eigenvalue weighted by atomic mass is 16.5. The molecule has 2 N–H and O–H groups in total. The average Bonchev–Trinajstić information content (AvgIpc) is 1.99. The Balaban J connectivity index is 3.17. The lowest BCUT2D eigenvalue weighted by atomic mass is 10.2. The summed E-state index contributed by atoms with van der Waals surface area (Å²) in [6, 6.07) is 0.217. The summed E-state index contributed by atoms with van der Waals surface area (Å²) in [5.41, 5.74) is 5.65. The SMILES string of the molecule is CCC(N)COC(C)CC. The molecule has 0 bridgehead atoms. The van der Waals surface area contributed by atoms with Gasteiger partial charge >= 0.3 is 0 Å². The van der Waals surface area contributed by atoms with Crippen molar-refractivity contribution in [3.8, 4) is 0 Å². The second-order valence-electron chi connectivity index (χ2n) is 2.72. The molecule has 2 atom stereocenters. The second kappa shape index (κ2) is 5.69. The maximum atomic E-state index is 5.65. The van der Waals surface area contributed by atoms with Gasteiger partial charge in [-0.25, -0.2) is 0 Å². The van der Waals surface area contributed by atoms with Gasteiger partial charge < -0.3 is 10.5 Å². The van der Waals surface area contributed by atoms with E-state index in [1.807, 2.05) is 0 Å². The smallest absolute Gasteiger partial charge is 0.0621 e. The highest BCUT2D eigenvalue weighted by Crippen LogP contribution is 1.97. The highest BCUT2D eigenvalue weighted by Gasteiger charge is 2.01. The first-order valence-corrected chi connectivity index (χ1v) is 4.07. The third kappa shape index (κ3) is 4.77. The molecule has 0 aromatic heterocycles. The van der Waals surface area contributed by atoms with Gasteiger partial charge in [0, 0.05) is 6.04 Å². The molecule has 2 heteroatoms. The van der Waals surface area contributed by atoms with Crippen molar-refractivity contribution in [2.24, 2.45) is 5.73 Å². The molecule has 62 valence electrons. The van der Waals surface area contributed by atoms with Gasteiger partial charge in [0.05, 0.1) is 12.7 Å². The lowest BCUT2D eigenvalue weighted by Crippen LogP contribution is -2.27. The van der Waals surface area contributed by atoms with Crippen molar-refractivity contribution in [2.75, 3.05) is 6.61 Å². The number of hydrogen-bond donors (Lipinski definition) is 1. The van der Waals surface area contributed by atoms with E-state index in [2.05, 4.69) is 20.8 Å². The van der Waals surface area contributed by atoms with Crippen LogP contribution in [0.5, 0.6) is 0 Å². The third-order valence-electron chi connectivity index (χ3n) is 1.69. The predicted molar refractivity (Wildman–Crippen MR) is 44.0 cm³/mol. The Kier molecular flexibility index (Phi) is 5.64. The highest BCUT2D eigenvalue weighted by molar-refractivity contribution is 4.56. The van der Waals surface area contributed by atoms with Crippen molar-refractivity contribution in [2.45, 2.75) is 45.8 Å². The van der Waals surface area contributed by atoms with E-state index in [4.69, 9.17) is 10.5 Å². The zero-order valence-corrected chi connectivity index (χ0v) is 7.26. The summed E-state index contributed by atoms with van der Waals surface area (Å²) in [6.07, 6.45) is 2.42. The standard InChI is InChI=1S/C8H19NO/c1-4-7(3)10-6-8(9)5-2/h7-8H,4-6,9H2,1-3H3. The Bertz CT molecular complexity index is 65.7. The van der Waals surface area contributed by atoms with Gasteiger partial charge in [0.2, 0.25) is 0 Å². The molecule has 0 saturated heterocycles. The van der Waals surface area contributed by atoms with Gasteiger partial charge in [-0.15, -0.1) is 0 Å². The van der Waals surface area contributed by atoms with E-state index in [0.717, 1.165) is 12.8 Å². The van der Waals surface area contributed by atoms with Gasteiger partial charge in [-0.2, -0.15) is 0 Å². The van der Waals surface area contributed by atoms with E-state index in [1.54, 1.807) is 0 Å². The van der Waals surface area contributed by atoms with Crippen LogP contribution < -0.4 is 5.73 Å². The first-order chi connectivity index (χ1) is 4.70. The molecule has 2 nitrogen and oxygen atoms in total. The molecule has 0 aromatic carbocycles. The van der Waals surface area contributed by atoms with Gasteiger partial charge in [-0.3, -0.25) is 0 Å². The summed E-state index contributed by atoms with van der Waals surface area (Å²) in [7, 11) is 0. The van der Waals surface area contributed by atoms with Crippen molar-refractivity contribution in [3.63, 3.8) is 0 Å². The summed E-state index contributed by atoms with van der Waals surface area (Å²) in [4.78, 5) is 0. The summed E-state index contributed by atoms with van der Waals surface area (Å²) in [5, 5.41) is 0. The van der Waals surface area contributed by atoms with Gasteiger partial charge in [0.25, 0.3) is 0 Å². The molecule has 2 unspecified atom stereocenters. The molecule has 10 heavy (non-hydrogen) atoms. The van der Waals surface area contributed by atoms with Crippen LogP contribution >= 0.6 is 0 Å². The van der Waals surface area contributed by atoms with Crippen LogP contribution in [-0.2, 0) is 4.74 Å². The number of nitrogens with two attached hydrogens (primary N) is 1. The summed E-state index contributed by atoms with van der Waals surface area (Å²) < 4.78 is 5.42. The van der Waals surface area contributed by atoms with Crippen LogP contribution in [0.3, 0.4) is 0 Å². The van der Waals surface area contributed by atoms with Gasteiger partial charge in [0.1, 0.15) is 0 Å². The van der Waals surface area contributed by atoms with Crippen LogP contribution in [-0.4, -0.2) is 18.8 Å². The van der Waals surface area contributed by atoms with Crippen LogP contribution in [0.15, 0.2) is 0 Å². The monoisotopic (exact) mass is 145 g/mol. The van der Waals surface area contributed by atoms with Crippen LogP contribution in [0.4, 0.5) is 0 Å². The Hall–Kier alpha value is -0.0800. The maximum Gasteiger partial charge on any atom is 0.0621 e. The Morgan fingerprint density at radius 1 is 1.30 bits per heavy atom. The molecule has 0 amide bonds.